The van der Waals surface area contributed by atoms with Gasteiger partial charge in [0.25, 0.3) is 0 Å². The molecule has 4 rings (SSSR count). The van der Waals surface area contributed by atoms with E-state index < -0.39 is 11.5 Å². The molecular weight excluding hydrogens is 310 g/mol. The second kappa shape index (κ2) is 6.14. The molecule has 1 N–H and O–H groups in total. The van der Waals surface area contributed by atoms with Crippen LogP contribution in [0.1, 0.15) is 49.1 Å². The molecule has 3 heteroatoms. The van der Waals surface area contributed by atoms with Gasteiger partial charge in [-0.25, -0.2) is 0 Å². The highest BCUT2D eigenvalue weighted by Crippen LogP contribution is 2.40. The quantitative estimate of drug-likeness (QED) is 0.839. The van der Waals surface area contributed by atoms with Gasteiger partial charge in [-0.1, -0.05) is 61.7 Å². The highest BCUT2D eigenvalue weighted by molar-refractivity contribution is 6.17. The van der Waals surface area contributed by atoms with Gasteiger partial charge in [0.15, 0.2) is 5.78 Å². The van der Waals surface area contributed by atoms with Gasteiger partial charge in [0, 0.05) is 0 Å². The lowest BCUT2D eigenvalue weighted by atomic mass is 9.76. The Labute approximate surface area is 148 Å². The summed E-state index contributed by atoms with van der Waals surface area (Å²) in [6, 6.07) is 16.2. The Bertz CT molecular complexity index is 819. The van der Waals surface area contributed by atoms with E-state index in [0.717, 1.165) is 54.4 Å². The summed E-state index contributed by atoms with van der Waals surface area (Å²) in [6.07, 6.45) is 4.75. The van der Waals surface area contributed by atoms with Gasteiger partial charge in [-0.2, -0.15) is 0 Å². The fourth-order valence-electron chi connectivity index (χ4n) is 4.34. The number of ketones is 1. The van der Waals surface area contributed by atoms with Crippen molar-refractivity contribution in [2.75, 3.05) is 0 Å². The zero-order chi connectivity index (χ0) is 17.4. The number of hydrogen-bond acceptors (Lipinski definition) is 2. The topological polar surface area (TPSA) is 46.2 Å². The normalized spacial score (nSPS) is 22.2. The minimum Gasteiger partial charge on any atom is -0.343 e. The molecule has 25 heavy (non-hydrogen) atoms. The lowest BCUT2D eigenvalue weighted by Gasteiger charge is -2.31. The van der Waals surface area contributed by atoms with Gasteiger partial charge in [-0.05, 0) is 48.1 Å². The largest absolute Gasteiger partial charge is 0.343 e. The first-order chi connectivity index (χ1) is 12.1. The van der Waals surface area contributed by atoms with Crippen LogP contribution >= 0.6 is 0 Å². The zero-order valence-corrected chi connectivity index (χ0v) is 14.5. The first kappa shape index (κ1) is 16.1. The summed E-state index contributed by atoms with van der Waals surface area (Å²) in [5.41, 5.74) is 3.38. The number of hydrogen-bond donors (Lipinski definition) is 1. The van der Waals surface area contributed by atoms with Crippen LogP contribution in [0.15, 0.2) is 48.5 Å². The van der Waals surface area contributed by atoms with E-state index in [1.165, 1.54) is 0 Å². The third kappa shape index (κ3) is 2.68. The van der Waals surface area contributed by atoms with E-state index in [0.29, 0.717) is 0 Å². The lowest BCUT2D eigenvalue weighted by Crippen LogP contribution is -2.47. The van der Waals surface area contributed by atoms with Gasteiger partial charge in [0.1, 0.15) is 5.92 Å². The van der Waals surface area contributed by atoms with Crippen LogP contribution in [0, 0.1) is 6.92 Å². The summed E-state index contributed by atoms with van der Waals surface area (Å²) >= 11 is 0. The highest BCUT2D eigenvalue weighted by atomic mass is 16.2. The Kier molecular flexibility index (Phi) is 3.95. The van der Waals surface area contributed by atoms with Gasteiger partial charge in [0.05, 0.1) is 5.54 Å². The summed E-state index contributed by atoms with van der Waals surface area (Å²) in [4.78, 5) is 25.9. The molecule has 1 spiro atoms. The Hall–Kier alpha value is -2.42. The summed E-state index contributed by atoms with van der Waals surface area (Å²) in [6.45, 7) is 1.98. The monoisotopic (exact) mass is 333 g/mol. The molecule has 2 aromatic carbocycles. The zero-order valence-electron chi connectivity index (χ0n) is 14.5. The molecule has 1 saturated carbocycles. The standard InChI is InChI=1S/C22H23NO2/c1-15-10-11-17(16-8-4-2-5-9-16)14-18(15)19-20(24)22(23-21(19)25)12-6-3-7-13-22/h2,4-5,8-11,14,19H,3,6-7,12-13H2,1H3,(H,23,25). The van der Waals surface area contributed by atoms with Crippen molar-refractivity contribution in [1.82, 2.24) is 5.32 Å². The van der Waals surface area contributed by atoms with Crippen LogP contribution in [-0.2, 0) is 9.59 Å². The third-order valence-electron chi connectivity index (χ3n) is 5.76. The number of benzene rings is 2. The van der Waals surface area contributed by atoms with Crippen LogP contribution in [0.3, 0.4) is 0 Å². The number of nitrogens with one attached hydrogen (secondary N) is 1. The predicted octanol–water partition coefficient (Wildman–Crippen LogP) is 4.15. The van der Waals surface area contributed by atoms with Crippen molar-refractivity contribution in [2.45, 2.75) is 50.5 Å². The molecule has 2 aromatic rings. The fraction of sp³-hybridized carbons (Fsp3) is 0.364. The predicted molar refractivity (Wildman–Crippen MR) is 98.3 cm³/mol. The number of carbonyl (C=O) groups excluding carboxylic acids is 2. The summed E-state index contributed by atoms with van der Waals surface area (Å²) < 4.78 is 0. The average molecular weight is 333 g/mol. The number of carbonyl (C=O) groups is 2. The van der Waals surface area contributed by atoms with E-state index in [4.69, 9.17) is 0 Å². The third-order valence-corrected chi connectivity index (χ3v) is 5.76. The van der Waals surface area contributed by atoms with E-state index in [9.17, 15) is 9.59 Å². The number of aryl methyl sites for hydroxylation is 1. The molecule has 1 unspecified atom stereocenters. The van der Waals surface area contributed by atoms with Crippen LogP contribution in [0.4, 0.5) is 0 Å². The Balaban J connectivity index is 1.74. The molecular formula is C22H23NO2. The van der Waals surface area contributed by atoms with E-state index >= 15 is 0 Å². The molecule has 0 radical (unpaired) electrons. The van der Waals surface area contributed by atoms with Gasteiger partial charge in [-0.3, -0.25) is 9.59 Å². The molecule has 2 aliphatic rings. The molecule has 1 aliphatic heterocycles. The number of amides is 1. The maximum absolute atomic E-state index is 13.2. The van der Waals surface area contributed by atoms with E-state index in [2.05, 4.69) is 11.4 Å². The molecule has 0 bridgehead atoms. The molecule has 1 heterocycles. The molecule has 1 amide bonds. The lowest BCUT2D eigenvalue weighted by molar-refractivity contribution is -0.125. The van der Waals surface area contributed by atoms with E-state index in [-0.39, 0.29) is 11.7 Å². The summed E-state index contributed by atoms with van der Waals surface area (Å²) in [5.74, 6) is -0.715. The smallest absolute Gasteiger partial charge is 0.235 e. The highest BCUT2D eigenvalue weighted by Gasteiger charge is 2.53. The minimum atomic E-state index is -0.665. The second-order valence-electron chi connectivity index (χ2n) is 7.37. The average Bonchev–Trinajstić information content (AvgIpc) is 2.87. The Morgan fingerprint density at radius 2 is 1.64 bits per heavy atom. The van der Waals surface area contributed by atoms with Crippen molar-refractivity contribution < 1.29 is 9.59 Å². The minimum absolute atomic E-state index is 0.0745. The van der Waals surface area contributed by atoms with Gasteiger partial charge in [0.2, 0.25) is 5.91 Å². The van der Waals surface area contributed by atoms with Crippen LogP contribution in [0.5, 0.6) is 0 Å². The SMILES string of the molecule is Cc1ccc(-c2ccccc2)cc1C1C(=O)NC2(CCCCC2)C1=O. The maximum atomic E-state index is 13.2. The second-order valence-corrected chi connectivity index (χ2v) is 7.37. The Morgan fingerprint density at radius 1 is 0.920 bits per heavy atom. The summed E-state index contributed by atoms with van der Waals surface area (Å²) in [7, 11) is 0. The van der Waals surface area contributed by atoms with Gasteiger partial charge in [-0.15, -0.1) is 0 Å². The van der Waals surface area contributed by atoms with E-state index in [1.807, 2.05) is 49.4 Å². The van der Waals surface area contributed by atoms with Crippen molar-refractivity contribution in [1.29, 1.82) is 0 Å². The molecule has 1 aliphatic carbocycles. The first-order valence-corrected chi connectivity index (χ1v) is 9.13. The van der Waals surface area contributed by atoms with Crippen LogP contribution in [-0.4, -0.2) is 17.2 Å². The van der Waals surface area contributed by atoms with Crippen molar-refractivity contribution in [2.24, 2.45) is 0 Å². The molecule has 2 fully saturated rings. The van der Waals surface area contributed by atoms with Gasteiger partial charge >= 0.3 is 0 Å². The van der Waals surface area contributed by atoms with Crippen molar-refractivity contribution in [3.63, 3.8) is 0 Å². The number of Topliss-reactive ketones (excluding diaryl/α,β-unsaturated/α-hetero) is 1. The first-order valence-electron chi connectivity index (χ1n) is 9.13. The fourth-order valence-corrected chi connectivity index (χ4v) is 4.34. The molecule has 0 aromatic heterocycles. The van der Waals surface area contributed by atoms with Crippen LogP contribution in [0.25, 0.3) is 11.1 Å². The molecule has 1 saturated heterocycles. The van der Waals surface area contributed by atoms with Gasteiger partial charge < -0.3 is 5.32 Å². The maximum Gasteiger partial charge on any atom is 0.235 e. The molecule has 3 nitrogen and oxygen atoms in total. The molecule has 1 atom stereocenters. The Morgan fingerprint density at radius 3 is 2.36 bits per heavy atom. The number of rotatable bonds is 2. The van der Waals surface area contributed by atoms with Crippen LogP contribution < -0.4 is 5.32 Å². The molecule has 128 valence electrons. The van der Waals surface area contributed by atoms with Crippen molar-refractivity contribution in [3.05, 3.63) is 59.7 Å². The van der Waals surface area contributed by atoms with Crippen LogP contribution in [0.2, 0.25) is 0 Å². The van der Waals surface area contributed by atoms with Crippen molar-refractivity contribution >= 4 is 11.7 Å². The van der Waals surface area contributed by atoms with E-state index in [1.54, 1.807) is 0 Å². The summed E-state index contributed by atoms with van der Waals surface area (Å²) in [5, 5.41) is 3.07. The van der Waals surface area contributed by atoms with Crippen molar-refractivity contribution in [3.8, 4) is 11.1 Å².